The molecular weight excluding hydrogens is 390 g/mol. The SMILES string of the molecule is C#Cc1cccc(C(C)OC)c1/C=C\c1ccc(-c2ccccc2)cn1.CC.CC(C)C. The highest BCUT2D eigenvalue weighted by Gasteiger charge is 2.10. The van der Waals surface area contributed by atoms with Crippen LogP contribution in [0.4, 0.5) is 0 Å². The summed E-state index contributed by atoms with van der Waals surface area (Å²) < 4.78 is 5.48. The molecule has 0 saturated heterocycles. The lowest BCUT2D eigenvalue weighted by atomic mass is 9.97. The van der Waals surface area contributed by atoms with Crippen molar-refractivity contribution in [3.8, 4) is 23.5 Å². The zero-order chi connectivity index (χ0) is 23.9. The van der Waals surface area contributed by atoms with E-state index >= 15 is 0 Å². The summed E-state index contributed by atoms with van der Waals surface area (Å²) in [5.74, 6) is 3.59. The molecule has 2 nitrogen and oxygen atoms in total. The maximum Gasteiger partial charge on any atom is 0.0799 e. The van der Waals surface area contributed by atoms with Crippen molar-refractivity contribution in [2.24, 2.45) is 5.92 Å². The molecule has 32 heavy (non-hydrogen) atoms. The molecule has 0 spiro atoms. The van der Waals surface area contributed by atoms with Crippen LogP contribution in [-0.2, 0) is 4.74 Å². The second-order valence-corrected chi connectivity index (χ2v) is 7.73. The monoisotopic (exact) mass is 427 g/mol. The van der Waals surface area contributed by atoms with Crippen LogP contribution in [0.3, 0.4) is 0 Å². The second-order valence-electron chi connectivity index (χ2n) is 7.73. The number of ether oxygens (including phenoxy) is 1. The van der Waals surface area contributed by atoms with Gasteiger partial charge in [-0.2, -0.15) is 0 Å². The Kier molecular flexibility index (Phi) is 12.4. The zero-order valence-electron chi connectivity index (χ0n) is 20.6. The first-order valence-corrected chi connectivity index (χ1v) is 11.3. The maximum absolute atomic E-state index is 5.67. The smallest absolute Gasteiger partial charge is 0.0799 e. The fourth-order valence-electron chi connectivity index (χ4n) is 2.85. The molecule has 0 fully saturated rings. The fraction of sp³-hybridized carbons (Fsp3) is 0.300. The number of nitrogens with zero attached hydrogens (tertiary/aromatic N) is 1. The van der Waals surface area contributed by atoms with Gasteiger partial charge < -0.3 is 4.74 Å². The summed E-state index contributed by atoms with van der Waals surface area (Å²) >= 11 is 0. The second kappa shape index (κ2) is 14.8. The summed E-state index contributed by atoms with van der Waals surface area (Å²) in [6.07, 6.45) is 11.5. The molecule has 3 aromatic rings. The summed E-state index contributed by atoms with van der Waals surface area (Å²) in [7, 11) is 1.70. The maximum atomic E-state index is 5.67. The van der Waals surface area contributed by atoms with Gasteiger partial charge in [-0.25, -0.2) is 0 Å². The predicted octanol–water partition coefficient (Wildman–Crippen LogP) is 8.30. The summed E-state index contributed by atoms with van der Waals surface area (Å²) in [5.41, 5.74) is 6.05. The minimum Gasteiger partial charge on any atom is -0.377 e. The molecule has 3 rings (SSSR count). The highest BCUT2D eigenvalue weighted by atomic mass is 16.5. The average Bonchev–Trinajstić information content (AvgIpc) is 2.83. The van der Waals surface area contributed by atoms with Crippen molar-refractivity contribution in [3.05, 3.63) is 89.2 Å². The van der Waals surface area contributed by atoms with E-state index in [9.17, 15) is 0 Å². The van der Waals surface area contributed by atoms with E-state index in [4.69, 9.17) is 11.2 Å². The first-order valence-electron chi connectivity index (χ1n) is 11.3. The normalized spacial score (nSPS) is 11.1. The highest BCUT2D eigenvalue weighted by Crippen LogP contribution is 2.25. The van der Waals surface area contributed by atoms with Crippen LogP contribution in [0.2, 0.25) is 0 Å². The molecule has 1 unspecified atom stereocenters. The molecule has 2 heteroatoms. The van der Waals surface area contributed by atoms with Crippen molar-refractivity contribution in [2.75, 3.05) is 7.11 Å². The molecule has 0 radical (unpaired) electrons. The lowest BCUT2D eigenvalue weighted by Crippen LogP contribution is -2.00. The van der Waals surface area contributed by atoms with Gasteiger partial charge in [-0.3, -0.25) is 4.98 Å². The Morgan fingerprint density at radius 1 is 0.844 bits per heavy atom. The van der Waals surface area contributed by atoms with Gasteiger partial charge in [0, 0.05) is 24.4 Å². The summed E-state index contributed by atoms with van der Waals surface area (Å²) in [6, 6.07) is 20.3. The first kappa shape index (κ1) is 26.9. The predicted molar refractivity (Wildman–Crippen MR) is 140 cm³/mol. The van der Waals surface area contributed by atoms with E-state index in [1.165, 1.54) is 0 Å². The number of hydrogen-bond acceptors (Lipinski definition) is 2. The van der Waals surface area contributed by atoms with Crippen molar-refractivity contribution in [2.45, 2.75) is 47.6 Å². The van der Waals surface area contributed by atoms with Crippen molar-refractivity contribution < 1.29 is 4.74 Å². The molecule has 0 N–H and O–H groups in total. The largest absolute Gasteiger partial charge is 0.377 e. The van der Waals surface area contributed by atoms with Crippen molar-refractivity contribution >= 4 is 12.2 Å². The van der Waals surface area contributed by atoms with Gasteiger partial charge in [0.25, 0.3) is 0 Å². The van der Waals surface area contributed by atoms with Crippen LogP contribution in [0.5, 0.6) is 0 Å². The van der Waals surface area contributed by atoms with E-state index in [0.717, 1.165) is 39.4 Å². The van der Waals surface area contributed by atoms with Gasteiger partial charge >= 0.3 is 0 Å². The minimum atomic E-state index is -0.0311. The van der Waals surface area contributed by atoms with E-state index in [2.05, 4.69) is 49.9 Å². The Morgan fingerprint density at radius 3 is 2.03 bits per heavy atom. The topological polar surface area (TPSA) is 22.1 Å². The van der Waals surface area contributed by atoms with Gasteiger partial charge in [0.1, 0.15) is 0 Å². The number of rotatable bonds is 5. The summed E-state index contributed by atoms with van der Waals surface area (Å²) in [4.78, 5) is 4.55. The molecule has 2 aromatic carbocycles. The van der Waals surface area contributed by atoms with E-state index in [-0.39, 0.29) is 6.10 Å². The molecule has 0 saturated carbocycles. The highest BCUT2D eigenvalue weighted by molar-refractivity contribution is 5.74. The van der Waals surface area contributed by atoms with Crippen LogP contribution in [0.15, 0.2) is 66.9 Å². The van der Waals surface area contributed by atoms with Gasteiger partial charge in [-0.15, -0.1) is 6.42 Å². The molecular formula is C30H37NO. The van der Waals surface area contributed by atoms with Crippen molar-refractivity contribution in [1.29, 1.82) is 0 Å². The van der Waals surface area contributed by atoms with Gasteiger partial charge in [-0.1, -0.05) is 95.1 Å². The average molecular weight is 428 g/mol. The molecule has 1 atom stereocenters. The lowest BCUT2D eigenvalue weighted by molar-refractivity contribution is 0.119. The molecule has 0 aliphatic rings. The molecule has 0 aliphatic carbocycles. The van der Waals surface area contributed by atoms with Crippen molar-refractivity contribution in [1.82, 2.24) is 4.98 Å². The molecule has 0 bridgehead atoms. The zero-order valence-corrected chi connectivity index (χ0v) is 20.6. The van der Waals surface area contributed by atoms with Gasteiger partial charge in [-0.05, 0) is 47.7 Å². The Balaban J connectivity index is 0.000000769. The Hall–Kier alpha value is -3.15. The molecule has 1 heterocycles. The van der Waals surface area contributed by atoms with Crippen LogP contribution in [0.1, 0.15) is 70.0 Å². The standard InChI is InChI=1S/C24H21NO.C4H10.C2H6/c1-4-19-11-8-12-23(18(2)26-3)24(19)16-15-22-14-13-21(17-25-22)20-9-6-5-7-10-20;1-4(2)3;1-2/h1,5-18H,2-3H3;4H,1-3H3;1-2H3/b16-15-;;. The Labute approximate surface area is 195 Å². The number of hydrogen-bond donors (Lipinski definition) is 0. The van der Waals surface area contributed by atoms with Crippen LogP contribution in [0, 0.1) is 18.3 Å². The van der Waals surface area contributed by atoms with E-state index < -0.39 is 0 Å². The third-order valence-corrected chi connectivity index (χ3v) is 4.40. The van der Waals surface area contributed by atoms with E-state index in [0.29, 0.717) is 0 Å². The van der Waals surface area contributed by atoms with E-state index in [1.807, 2.05) is 81.6 Å². The van der Waals surface area contributed by atoms with Crippen LogP contribution in [0.25, 0.3) is 23.3 Å². The van der Waals surface area contributed by atoms with Gasteiger partial charge in [0.2, 0.25) is 0 Å². The number of terminal acetylenes is 1. The summed E-state index contributed by atoms with van der Waals surface area (Å²) in [5, 5.41) is 0. The number of pyridine rings is 1. The number of methoxy groups -OCH3 is 1. The molecule has 0 aliphatic heterocycles. The van der Waals surface area contributed by atoms with Crippen LogP contribution >= 0.6 is 0 Å². The first-order chi connectivity index (χ1) is 15.5. The molecule has 1 aromatic heterocycles. The fourth-order valence-corrected chi connectivity index (χ4v) is 2.85. The molecule has 168 valence electrons. The van der Waals surface area contributed by atoms with Crippen LogP contribution < -0.4 is 0 Å². The number of aromatic nitrogens is 1. The van der Waals surface area contributed by atoms with Crippen LogP contribution in [-0.4, -0.2) is 12.1 Å². The Morgan fingerprint density at radius 2 is 1.50 bits per heavy atom. The third kappa shape index (κ3) is 8.53. The minimum absolute atomic E-state index is 0.0311. The Bertz CT molecular complexity index is 977. The quantitative estimate of drug-likeness (QED) is 0.382. The summed E-state index contributed by atoms with van der Waals surface area (Å²) in [6.45, 7) is 12.5. The third-order valence-electron chi connectivity index (χ3n) is 4.40. The van der Waals surface area contributed by atoms with Gasteiger partial charge in [0.15, 0.2) is 0 Å². The number of benzene rings is 2. The lowest BCUT2D eigenvalue weighted by Gasteiger charge is -2.14. The molecule has 0 amide bonds. The van der Waals surface area contributed by atoms with Crippen molar-refractivity contribution in [3.63, 3.8) is 0 Å². The van der Waals surface area contributed by atoms with E-state index in [1.54, 1.807) is 7.11 Å². The van der Waals surface area contributed by atoms with Gasteiger partial charge in [0.05, 0.1) is 11.8 Å².